The van der Waals surface area contributed by atoms with E-state index in [2.05, 4.69) is 34.3 Å². The summed E-state index contributed by atoms with van der Waals surface area (Å²) >= 11 is 0. The van der Waals surface area contributed by atoms with Crippen LogP contribution in [-0.4, -0.2) is 39.1 Å². The summed E-state index contributed by atoms with van der Waals surface area (Å²) in [6.45, 7) is 3.56. The minimum Gasteiger partial charge on any atom is -0.461 e. The molecule has 0 radical (unpaired) electrons. The van der Waals surface area contributed by atoms with Gasteiger partial charge in [-0.15, -0.1) is 0 Å². The molecule has 0 unspecified atom stereocenters. The first-order chi connectivity index (χ1) is 14.8. The van der Waals surface area contributed by atoms with Crippen LogP contribution in [0.4, 0.5) is 0 Å². The molecule has 154 valence electrons. The maximum atomic E-state index is 6.17. The zero-order chi connectivity index (χ0) is 19.9. The third kappa shape index (κ3) is 3.21. The summed E-state index contributed by atoms with van der Waals surface area (Å²) in [6, 6.07) is 10.8. The van der Waals surface area contributed by atoms with E-state index < -0.39 is 0 Å². The van der Waals surface area contributed by atoms with Gasteiger partial charge >= 0.3 is 0 Å². The minimum atomic E-state index is 0.945. The Kier molecular flexibility index (Phi) is 4.56. The van der Waals surface area contributed by atoms with Gasteiger partial charge in [-0.05, 0) is 75.9 Å². The van der Waals surface area contributed by atoms with Gasteiger partial charge in [0.2, 0.25) is 0 Å². The van der Waals surface area contributed by atoms with Gasteiger partial charge in [0.25, 0.3) is 0 Å². The van der Waals surface area contributed by atoms with E-state index >= 15 is 0 Å². The first kappa shape index (κ1) is 18.1. The fourth-order valence-corrected chi connectivity index (χ4v) is 5.20. The van der Waals surface area contributed by atoms with Crippen LogP contribution in [0.15, 0.2) is 40.9 Å². The van der Waals surface area contributed by atoms with Crippen LogP contribution >= 0.6 is 0 Å². The van der Waals surface area contributed by atoms with E-state index in [9.17, 15) is 0 Å². The van der Waals surface area contributed by atoms with Crippen molar-refractivity contribution in [2.75, 3.05) is 19.6 Å². The van der Waals surface area contributed by atoms with Crippen LogP contribution in [-0.2, 0) is 19.3 Å². The Hall–Kier alpha value is -2.66. The fraction of sp³-hybridized carbons (Fsp3) is 0.440. The van der Waals surface area contributed by atoms with E-state index in [4.69, 9.17) is 9.40 Å². The quantitative estimate of drug-likeness (QED) is 0.481. The normalized spacial score (nSPS) is 17.6. The molecule has 4 heterocycles. The van der Waals surface area contributed by atoms with Gasteiger partial charge in [0.1, 0.15) is 11.3 Å². The molecule has 3 aromatic heterocycles. The van der Waals surface area contributed by atoms with Crippen LogP contribution in [0.3, 0.4) is 0 Å². The second kappa shape index (κ2) is 7.55. The molecule has 30 heavy (non-hydrogen) atoms. The summed E-state index contributed by atoms with van der Waals surface area (Å²) in [5.41, 5.74) is 6.95. The molecule has 5 heteroatoms. The predicted octanol–water partition coefficient (Wildman–Crippen LogP) is 5.05. The van der Waals surface area contributed by atoms with Crippen LogP contribution < -0.4 is 0 Å². The van der Waals surface area contributed by atoms with Gasteiger partial charge in [-0.1, -0.05) is 6.42 Å². The standard InChI is InChI=1S/C25H28N4O/c1-4-13-28(14-5-1)15-11-20-17-19-16-18(8-9-23(19)30-20)25-21-6-2-3-7-22(21)27-24-10-12-26-29(24)25/h8-10,12,16-17H,1-7,11,13-15H2. The van der Waals surface area contributed by atoms with E-state index in [1.54, 1.807) is 0 Å². The number of aryl methyl sites for hydroxylation is 1. The molecule has 0 N–H and O–H groups in total. The van der Waals surface area contributed by atoms with Crippen molar-refractivity contribution in [1.29, 1.82) is 0 Å². The molecular weight excluding hydrogens is 372 g/mol. The van der Waals surface area contributed by atoms with Crippen molar-refractivity contribution in [2.24, 2.45) is 0 Å². The third-order valence-corrected chi connectivity index (χ3v) is 6.77. The summed E-state index contributed by atoms with van der Waals surface area (Å²) in [7, 11) is 0. The Morgan fingerprint density at radius 1 is 0.933 bits per heavy atom. The number of likely N-dealkylation sites (tertiary alicyclic amines) is 1. The number of piperidine rings is 1. The number of rotatable bonds is 4. The number of hydrogen-bond donors (Lipinski definition) is 0. The summed E-state index contributed by atoms with van der Waals surface area (Å²) in [5, 5.41) is 5.78. The Bertz CT molecular complexity index is 1200. The first-order valence-corrected chi connectivity index (χ1v) is 11.5. The van der Waals surface area contributed by atoms with Crippen molar-refractivity contribution in [1.82, 2.24) is 19.5 Å². The van der Waals surface area contributed by atoms with Gasteiger partial charge in [-0.25, -0.2) is 9.50 Å². The second-order valence-electron chi connectivity index (χ2n) is 8.81. The lowest BCUT2D eigenvalue weighted by Gasteiger charge is -2.25. The highest BCUT2D eigenvalue weighted by molar-refractivity contribution is 5.84. The molecule has 0 atom stereocenters. The average molecular weight is 401 g/mol. The molecule has 1 aliphatic carbocycles. The number of nitrogens with zero attached hydrogens (tertiary/aromatic N) is 4. The summed E-state index contributed by atoms with van der Waals surface area (Å²) < 4.78 is 8.19. The molecule has 5 nitrogen and oxygen atoms in total. The number of hydrogen-bond acceptors (Lipinski definition) is 4. The van der Waals surface area contributed by atoms with Crippen LogP contribution in [0.25, 0.3) is 27.9 Å². The lowest BCUT2D eigenvalue weighted by atomic mass is 9.92. The number of aromatic nitrogens is 3. The minimum absolute atomic E-state index is 0.945. The van der Waals surface area contributed by atoms with Crippen molar-refractivity contribution in [3.63, 3.8) is 0 Å². The van der Waals surface area contributed by atoms with Gasteiger partial charge in [-0.3, -0.25) is 0 Å². The van der Waals surface area contributed by atoms with Gasteiger partial charge in [0.05, 0.1) is 11.9 Å². The van der Waals surface area contributed by atoms with Crippen molar-refractivity contribution in [2.45, 2.75) is 51.4 Å². The number of furan rings is 1. The van der Waals surface area contributed by atoms with Crippen molar-refractivity contribution < 1.29 is 4.42 Å². The zero-order valence-corrected chi connectivity index (χ0v) is 17.4. The Morgan fingerprint density at radius 2 is 1.83 bits per heavy atom. The van der Waals surface area contributed by atoms with Crippen LogP contribution in [0.2, 0.25) is 0 Å². The molecule has 0 saturated carbocycles. The molecule has 6 rings (SSSR count). The van der Waals surface area contributed by atoms with Gasteiger partial charge < -0.3 is 9.32 Å². The van der Waals surface area contributed by atoms with Crippen molar-refractivity contribution >= 4 is 16.6 Å². The topological polar surface area (TPSA) is 46.6 Å². The third-order valence-electron chi connectivity index (χ3n) is 6.77. The van der Waals surface area contributed by atoms with Crippen LogP contribution in [0.5, 0.6) is 0 Å². The van der Waals surface area contributed by atoms with Crippen LogP contribution in [0, 0.1) is 0 Å². The zero-order valence-electron chi connectivity index (χ0n) is 17.4. The van der Waals surface area contributed by atoms with Gasteiger partial charge in [-0.2, -0.15) is 5.10 Å². The first-order valence-electron chi connectivity index (χ1n) is 11.5. The number of fused-ring (bicyclic) bond motifs is 3. The largest absolute Gasteiger partial charge is 0.461 e. The SMILES string of the molecule is c1cc2nc3c(c(-c4ccc5oc(CCN6CCCCC6)cc5c4)n2n1)CCCC3. The van der Waals surface area contributed by atoms with Crippen LogP contribution in [0.1, 0.15) is 49.1 Å². The molecule has 1 aromatic carbocycles. The molecule has 1 saturated heterocycles. The van der Waals surface area contributed by atoms with Gasteiger partial charge in [0, 0.05) is 41.2 Å². The van der Waals surface area contributed by atoms with Crippen molar-refractivity contribution in [3.05, 3.63) is 53.5 Å². The maximum absolute atomic E-state index is 6.17. The Labute approximate surface area is 176 Å². The predicted molar refractivity (Wildman–Crippen MR) is 119 cm³/mol. The highest BCUT2D eigenvalue weighted by Crippen LogP contribution is 2.33. The van der Waals surface area contributed by atoms with E-state index in [0.29, 0.717) is 0 Å². The molecule has 1 aliphatic heterocycles. The summed E-state index contributed by atoms with van der Waals surface area (Å²) in [5.74, 6) is 1.09. The maximum Gasteiger partial charge on any atom is 0.155 e. The summed E-state index contributed by atoms with van der Waals surface area (Å²) in [4.78, 5) is 7.44. The van der Waals surface area contributed by atoms with E-state index in [1.165, 1.54) is 73.1 Å². The summed E-state index contributed by atoms with van der Waals surface area (Å²) in [6.07, 6.45) is 11.5. The second-order valence-corrected chi connectivity index (χ2v) is 8.81. The van der Waals surface area contributed by atoms with Crippen molar-refractivity contribution in [3.8, 4) is 11.3 Å². The molecule has 4 aromatic rings. The average Bonchev–Trinajstić information content (AvgIpc) is 3.42. The van der Waals surface area contributed by atoms with E-state index in [0.717, 1.165) is 42.8 Å². The Balaban J connectivity index is 1.36. The molecule has 0 spiro atoms. The highest BCUT2D eigenvalue weighted by Gasteiger charge is 2.20. The number of benzene rings is 1. The van der Waals surface area contributed by atoms with E-state index in [1.807, 2.05) is 16.8 Å². The molecular formula is C25H28N4O. The lowest BCUT2D eigenvalue weighted by molar-refractivity contribution is 0.227. The monoisotopic (exact) mass is 400 g/mol. The molecule has 0 bridgehead atoms. The smallest absolute Gasteiger partial charge is 0.155 e. The van der Waals surface area contributed by atoms with E-state index in [-0.39, 0.29) is 0 Å². The lowest BCUT2D eigenvalue weighted by Crippen LogP contribution is -2.31. The van der Waals surface area contributed by atoms with Gasteiger partial charge in [0.15, 0.2) is 5.65 Å². The molecule has 2 aliphatic rings. The molecule has 1 fully saturated rings. The Morgan fingerprint density at radius 3 is 2.77 bits per heavy atom. The fourth-order valence-electron chi connectivity index (χ4n) is 5.20. The molecule has 0 amide bonds. The highest BCUT2D eigenvalue weighted by atomic mass is 16.3.